The maximum atomic E-state index is 16.0. The maximum absolute atomic E-state index is 16.0. The van der Waals surface area contributed by atoms with Gasteiger partial charge in [0.05, 0.1) is 23.0 Å². The van der Waals surface area contributed by atoms with Crippen molar-refractivity contribution in [1.82, 2.24) is 9.47 Å². The summed E-state index contributed by atoms with van der Waals surface area (Å²) in [4.78, 5) is 58.7. The van der Waals surface area contributed by atoms with Gasteiger partial charge in [-0.05, 0) is 76.1 Å². The van der Waals surface area contributed by atoms with E-state index in [4.69, 9.17) is 9.47 Å². The molecule has 0 spiro atoms. The molecule has 4 aliphatic carbocycles. The molecular formula is C39H46FN3O8. The predicted octanol–water partition coefficient (Wildman–Crippen LogP) is 3.58. The van der Waals surface area contributed by atoms with Crippen LogP contribution in [0, 0.1) is 34.4 Å². The van der Waals surface area contributed by atoms with Crippen LogP contribution in [0.4, 0.5) is 10.1 Å². The standard InChI is InChI=1S/C39H46FN3O8/c1-21-20-50-35-32-25(16-28(40)33(35)42-13-11-41(4)12-14-42)34(48)26(18-43(21)32)36(49)51-39(30(47)19-44)10-8-27-24-6-5-22-15-23(45)7-9-37(22,2)31(24)29(46)17-38(27,39)3/h7,9,15-16,18,21,24,27,29,31,44,46H,5-6,8,10-14,17,19-20H2,1-4H3/t21-,24+,27+,29+,31-,37+,38+,39+/m1/s1. The second-order valence-corrected chi connectivity index (χ2v) is 16.2. The lowest BCUT2D eigenvalue weighted by Crippen LogP contribution is -2.63. The Bertz CT molecular complexity index is 1980. The highest BCUT2D eigenvalue weighted by Crippen LogP contribution is 2.68. The van der Waals surface area contributed by atoms with Crippen molar-refractivity contribution in [3.05, 3.63) is 57.7 Å². The van der Waals surface area contributed by atoms with Crippen LogP contribution in [-0.2, 0) is 14.3 Å². The van der Waals surface area contributed by atoms with Crippen LogP contribution >= 0.6 is 0 Å². The first-order valence-electron chi connectivity index (χ1n) is 18.2. The summed E-state index contributed by atoms with van der Waals surface area (Å²) in [5.41, 5.74) is -2.75. The van der Waals surface area contributed by atoms with E-state index in [1.54, 1.807) is 16.7 Å². The molecule has 272 valence electrons. The summed E-state index contributed by atoms with van der Waals surface area (Å²) in [5, 5.41) is 22.2. The smallest absolute Gasteiger partial charge is 0.344 e. The highest BCUT2D eigenvalue weighted by atomic mass is 19.1. The van der Waals surface area contributed by atoms with E-state index in [0.29, 0.717) is 43.6 Å². The average molecular weight is 704 g/mol. The number of carbonyl (C=O) groups excluding carboxylic acids is 3. The lowest BCUT2D eigenvalue weighted by Gasteiger charge is -2.59. The van der Waals surface area contributed by atoms with Gasteiger partial charge in [-0.2, -0.15) is 0 Å². The number of likely N-dealkylation sites (N-methyl/N-ethyl adjacent to an activating group) is 1. The Morgan fingerprint density at radius 2 is 1.88 bits per heavy atom. The molecule has 2 N–H and O–H groups in total. The van der Waals surface area contributed by atoms with Gasteiger partial charge in [-0.25, -0.2) is 9.18 Å². The number of piperazine rings is 1. The van der Waals surface area contributed by atoms with Crippen molar-refractivity contribution < 1.29 is 38.5 Å². The van der Waals surface area contributed by atoms with Crippen LogP contribution in [0.25, 0.3) is 10.9 Å². The van der Waals surface area contributed by atoms with E-state index < -0.39 is 52.1 Å². The zero-order valence-corrected chi connectivity index (χ0v) is 29.6. The number of nitrogens with zero attached hydrogens (tertiary/aromatic N) is 3. The maximum Gasteiger partial charge on any atom is 0.344 e. The zero-order chi connectivity index (χ0) is 36.2. The zero-order valence-electron chi connectivity index (χ0n) is 29.6. The molecule has 11 nitrogen and oxygen atoms in total. The number of esters is 1. The second-order valence-electron chi connectivity index (χ2n) is 16.2. The molecule has 0 unspecified atom stereocenters. The minimum Gasteiger partial charge on any atom is -0.487 e. The molecule has 6 aliphatic rings. The number of carbonyl (C=O) groups is 3. The Morgan fingerprint density at radius 1 is 1.14 bits per heavy atom. The molecule has 2 aromatic rings. The first-order chi connectivity index (χ1) is 24.2. The minimum absolute atomic E-state index is 0.0197. The summed E-state index contributed by atoms with van der Waals surface area (Å²) >= 11 is 0. The lowest BCUT2D eigenvalue weighted by molar-refractivity contribution is -0.179. The Hall–Kier alpha value is -3.87. The van der Waals surface area contributed by atoms with Gasteiger partial charge in [0.25, 0.3) is 0 Å². The Morgan fingerprint density at radius 3 is 2.61 bits per heavy atom. The summed E-state index contributed by atoms with van der Waals surface area (Å²) < 4.78 is 30.1. The van der Waals surface area contributed by atoms with Gasteiger partial charge in [-0.1, -0.05) is 25.5 Å². The van der Waals surface area contributed by atoms with Gasteiger partial charge in [-0.15, -0.1) is 0 Å². The van der Waals surface area contributed by atoms with Crippen LogP contribution in [0.5, 0.6) is 5.75 Å². The van der Waals surface area contributed by atoms with Gasteiger partial charge in [0.15, 0.2) is 23.0 Å². The van der Waals surface area contributed by atoms with Crippen molar-refractivity contribution in [3.63, 3.8) is 0 Å². The van der Waals surface area contributed by atoms with Crippen molar-refractivity contribution in [2.45, 2.75) is 70.6 Å². The number of hydrogen-bond donors (Lipinski definition) is 2. The van der Waals surface area contributed by atoms with E-state index in [2.05, 4.69) is 11.8 Å². The summed E-state index contributed by atoms with van der Waals surface area (Å²) in [5.74, 6) is -2.51. The number of ether oxygens (including phenoxy) is 2. The van der Waals surface area contributed by atoms with E-state index in [9.17, 15) is 29.4 Å². The molecular weight excluding hydrogens is 657 g/mol. The van der Waals surface area contributed by atoms with Crippen molar-refractivity contribution in [2.24, 2.45) is 28.6 Å². The van der Waals surface area contributed by atoms with E-state index in [-0.39, 0.29) is 65.7 Å². The van der Waals surface area contributed by atoms with Gasteiger partial charge >= 0.3 is 5.97 Å². The van der Waals surface area contributed by atoms with E-state index >= 15 is 4.39 Å². The number of hydrogen-bond acceptors (Lipinski definition) is 10. The number of benzene rings is 1. The molecule has 12 heteroatoms. The molecule has 0 amide bonds. The first-order valence-corrected chi connectivity index (χ1v) is 18.2. The van der Waals surface area contributed by atoms with E-state index in [0.717, 1.165) is 18.7 Å². The van der Waals surface area contributed by atoms with Crippen molar-refractivity contribution in [2.75, 3.05) is 51.3 Å². The van der Waals surface area contributed by atoms with Crippen molar-refractivity contribution in [1.29, 1.82) is 0 Å². The molecule has 1 aromatic heterocycles. The Labute approximate surface area is 295 Å². The largest absolute Gasteiger partial charge is 0.487 e. The molecule has 1 saturated heterocycles. The van der Waals surface area contributed by atoms with Crippen LogP contribution in [0.2, 0.25) is 0 Å². The highest BCUT2D eigenvalue weighted by Gasteiger charge is 2.70. The second kappa shape index (κ2) is 11.8. The molecule has 8 atom stereocenters. The van der Waals surface area contributed by atoms with Crippen LogP contribution in [-0.4, -0.2) is 95.4 Å². The number of halogens is 1. The number of allylic oxidation sites excluding steroid dienone is 4. The summed E-state index contributed by atoms with van der Waals surface area (Å²) in [7, 11) is 2.01. The van der Waals surface area contributed by atoms with Gasteiger partial charge in [0, 0.05) is 49.1 Å². The molecule has 2 aliphatic heterocycles. The average Bonchev–Trinajstić information content (AvgIpc) is 3.39. The van der Waals surface area contributed by atoms with Gasteiger partial charge in [0.2, 0.25) is 11.2 Å². The van der Waals surface area contributed by atoms with Crippen LogP contribution in [0.1, 0.15) is 69.3 Å². The third kappa shape index (κ3) is 4.78. The SMILES string of the molecule is C[C@@H]1COc2c(N3CCN(C)CC3)c(F)cc3c(=O)c(C(=O)O[C@]4(C(=O)CO)CC[C@H]5[C@@H]6CCC7=CC(=O)C=C[C@]7(C)[C@H]6[C@@H](O)C[C@@]54C)cn1c23. The number of fused-ring (bicyclic) bond motifs is 5. The Balaban J connectivity index is 1.18. The molecule has 4 fully saturated rings. The molecule has 51 heavy (non-hydrogen) atoms. The van der Waals surface area contributed by atoms with Gasteiger partial charge in [0.1, 0.15) is 24.5 Å². The van der Waals surface area contributed by atoms with Crippen LogP contribution in [0.3, 0.4) is 0 Å². The van der Waals surface area contributed by atoms with E-state index in [1.165, 1.54) is 12.3 Å². The third-order valence-electron chi connectivity index (χ3n) is 13.7. The van der Waals surface area contributed by atoms with Gasteiger partial charge in [-0.3, -0.25) is 14.4 Å². The Kier molecular flexibility index (Phi) is 7.94. The van der Waals surface area contributed by atoms with Crippen LogP contribution in [0.15, 0.2) is 40.9 Å². The third-order valence-corrected chi connectivity index (χ3v) is 13.7. The summed E-state index contributed by atoms with van der Waals surface area (Å²) in [6.07, 6.45) is 7.82. The van der Waals surface area contributed by atoms with E-state index in [1.807, 2.05) is 31.9 Å². The normalized spacial score (nSPS) is 35.8. The quantitative estimate of drug-likeness (QED) is 0.445. The lowest BCUT2D eigenvalue weighted by atomic mass is 9.46. The molecule has 1 aromatic carbocycles. The molecule has 0 radical (unpaired) electrons. The highest BCUT2D eigenvalue weighted by molar-refractivity contribution is 6.01. The van der Waals surface area contributed by atoms with Crippen LogP contribution < -0.4 is 15.1 Å². The van der Waals surface area contributed by atoms with Crippen molar-refractivity contribution in [3.8, 4) is 5.75 Å². The first kappa shape index (κ1) is 34.2. The summed E-state index contributed by atoms with van der Waals surface area (Å²) in [6, 6.07) is 0.864. The number of anilines is 1. The van der Waals surface area contributed by atoms with Gasteiger partial charge < -0.3 is 34.1 Å². The number of rotatable bonds is 5. The number of aliphatic hydroxyl groups excluding tert-OH is 2. The predicted molar refractivity (Wildman–Crippen MR) is 186 cm³/mol. The molecule has 3 heterocycles. The fraction of sp³-hybridized carbons (Fsp3) is 0.590. The monoisotopic (exact) mass is 703 g/mol. The molecule has 0 bridgehead atoms. The summed E-state index contributed by atoms with van der Waals surface area (Å²) in [6.45, 7) is 7.76. The fourth-order valence-corrected chi connectivity index (χ4v) is 11.0. The molecule has 8 rings (SSSR count). The number of Topliss-reactive ketones (excluding diaryl/α,β-unsaturated/α-hetero) is 1. The number of aliphatic hydroxyl groups is 2. The minimum atomic E-state index is -1.80. The topological polar surface area (TPSA) is 139 Å². The fourth-order valence-electron chi connectivity index (χ4n) is 11.0. The molecule has 3 saturated carbocycles. The number of pyridine rings is 1. The van der Waals surface area contributed by atoms with Crippen molar-refractivity contribution >= 4 is 34.1 Å². The number of ketones is 2. The number of aromatic nitrogens is 1.